The molecule has 0 heterocycles. The lowest BCUT2D eigenvalue weighted by Crippen LogP contribution is -2.13. The molecule has 0 aliphatic rings. The normalized spacial score (nSPS) is 10.4. The Balaban J connectivity index is 1.63. The molecule has 0 atom stereocenters. The van der Waals surface area contributed by atoms with E-state index in [0.717, 1.165) is 10.5 Å². The molecule has 27 heavy (non-hydrogen) atoms. The molecule has 0 saturated carbocycles. The van der Waals surface area contributed by atoms with E-state index in [9.17, 15) is 14.0 Å². The number of hydrogen-bond donors (Lipinski definition) is 1. The molecule has 0 fully saturated rings. The van der Waals surface area contributed by atoms with Crippen LogP contribution >= 0.6 is 11.8 Å². The maximum absolute atomic E-state index is 13.7. The molecule has 0 aliphatic heterocycles. The zero-order valence-corrected chi connectivity index (χ0v) is 15.6. The van der Waals surface area contributed by atoms with Crippen LogP contribution in [0.3, 0.4) is 0 Å². The van der Waals surface area contributed by atoms with Crippen molar-refractivity contribution in [2.24, 2.45) is 0 Å². The topological polar surface area (TPSA) is 46.2 Å². The standard InChI is InChI=1S/C22H18FNO2S/c1-15-9-11-16(12-10-15)21(25)14-27-18-6-4-5-17(13-18)24-22(26)19-7-2-3-8-20(19)23/h2-13H,14H2,1H3,(H,24,26). The van der Waals surface area contributed by atoms with E-state index in [0.29, 0.717) is 17.0 Å². The number of ketones is 1. The fourth-order valence-corrected chi connectivity index (χ4v) is 3.33. The molecule has 0 saturated heterocycles. The number of carbonyl (C=O) groups is 2. The third kappa shape index (κ3) is 5.05. The number of halogens is 1. The van der Waals surface area contributed by atoms with Crippen LogP contribution < -0.4 is 5.32 Å². The van der Waals surface area contributed by atoms with Crippen molar-refractivity contribution < 1.29 is 14.0 Å². The highest BCUT2D eigenvalue weighted by Gasteiger charge is 2.12. The largest absolute Gasteiger partial charge is 0.322 e. The summed E-state index contributed by atoms with van der Waals surface area (Å²) in [6, 6.07) is 20.5. The number of Topliss-reactive ketones (excluding diaryl/α,β-unsaturated/α-hetero) is 1. The van der Waals surface area contributed by atoms with Gasteiger partial charge in [0.1, 0.15) is 5.82 Å². The summed E-state index contributed by atoms with van der Waals surface area (Å²) in [7, 11) is 0. The molecule has 0 aliphatic carbocycles. The van der Waals surface area contributed by atoms with Crippen LogP contribution in [0.2, 0.25) is 0 Å². The first-order valence-electron chi connectivity index (χ1n) is 8.41. The van der Waals surface area contributed by atoms with Crippen molar-refractivity contribution in [2.45, 2.75) is 11.8 Å². The quantitative estimate of drug-likeness (QED) is 0.463. The van der Waals surface area contributed by atoms with Crippen LogP contribution in [0.25, 0.3) is 0 Å². The van der Waals surface area contributed by atoms with E-state index in [4.69, 9.17) is 0 Å². The summed E-state index contributed by atoms with van der Waals surface area (Å²) in [6.07, 6.45) is 0. The molecular formula is C22H18FNO2S. The second-order valence-electron chi connectivity index (χ2n) is 6.04. The summed E-state index contributed by atoms with van der Waals surface area (Å²) in [4.78, 5) is 25.3. The van der Waals surface area contributed by atoms with Gasteiger partial charge in [-0.1, -0.05) is 48.0 Å². The Labute approximate surface area is 161 Å². The minimum absolute atomic E-state index is 0.00916. The van der Waals surface area contributed by atoms with Gasteiger partial charge in [-0.15, -0.1) is 11.8 Å². The first-order chi connectivity index (χ1) is 13.0. The highest BCUT2D eigenvalue weighted by molar-refractivity contribution is 8.00. The summed E-state index contributed by atoms with van der Waals surface area (Å²) in [5.41, 5.74) is 2.33. The second kappa shape index (κ2) is 8.64. The molecule has 0 bridgehead atoms. The Hall–Kier alpha value is -2.92. The van der Waals surface area contributed by atoms with Crippen LogP contribution in [0, 0.1) is 12.7 Å². The molecule has 3 rings (SSSR count). The summed E-state index contributed by atoms with van der Waals surface area (Å²) in [5.74, 6) is -0.732. The van der Waals surface area contributed by atoms with Gasteiger partial charge >= 0.3 is 0 Å². The first kappa shape index (κ1) is 18.9. The third-order valence-corrected chi connectivity index (χ3v) is 4.95. The Bertz CT molecular complexity index is 970. The average molecular weight is 379 g/mol. The SMILES string of the molecule is Cc1ccc(C(=O)CSc2cccc(NC(=O)c3ccccc3F)c2)cc1. The predicted molar refractivity (Wildman–Crippen MR) is 107 cm³/mol. The molecule has 0 spiro atoms. The number of rotatable bonds is 6. The number of amides is 1. The van der Waals surface area contributed by atoms with Gasteiger partial charge in [-0.3, -0.25) is 9.59 Å². The number of aryl methyl sites for hydroxylation is 1. The Kier molecular flexibility index (Phi) is 6.04. The second-order valence-corrected chi connectivity index (χ2v) is 7.09. The van der Waals surface area contributed by atoms with Gasteiger partial charge in [0.2, 0.25) is 0 Å². The Morgan fingerprint density at radius 2 is 1.70 bits per heavy atom. The zero-order chi connectivity index (χ0) is 19.2. The molecule has 3 aromatic carbocycles. The number of benzene rings is 3. The van der Waals surface area contributed by atoms with E-state index in [-0.39, 0.29) is 11.3 Å². The van der Waals surface area contributed by atoms with Gasteiger partial charge in [0.15, 0.2) is 5.78 Å². The van der Waals surface area contributed by atoms with E-state index < -0.39 is 11.7 Å². The lowest BCUT2D eigenvalue weighted by Gasteiger charge is -2.08. The molecular weight excluding hydrogens is 361 g/mol. The molecule has 136 valence electrons. The van der Waals surface area contributed by atoms with E-state index in [2.05, 4.69) is 5.32 Å². The van der Waals surface area contributed by atoms with Gasteiger partial charge in [0.25, 0.3) is 5.91 Å². The van der Waals surface area contributed by atoms with Crippen LogP contribution in [-0.4, -0.2) is 17.4 Å². The van der Waals surface area contributed by atoms with Crippen molar-refractivity contribution in [1.82, 2.24) is 0 Å². The fourth-order valence-electron chi connectivity index (χ4n) is 2.48. The van der Waals surface area contributed by atoms with Crippen LogP contribution in [0.15, 0.2) is 77.7 Å². The van der Waals surface area contributed by atoms with Gasteiger partial charge in [0, 0.05) is 16.1 Å². The van der Waals surface area contributed by atoms with Crippen LogP contribution in [0.4, 0.5) is 10.1 Å². The van der Waals surface area contributed by atoms with Crippen molar-refractivity contribution >= 4 is 29.1 Å². The molecule has 1 amide bonds. The average Bonchev–Trinajstić information content (AvgIpc) is 2.67. The monoisotopic (exact) mass is 379 g/mol. The van der Waals surface area contributed by atoms with Gasteiger partial charge in [-0.25, -0.2) is 4.39 Å². The number of carbonyl (C=O) groups excluding carboxylic acids is 2. The molecule has 1 N–H and O–H groups in total. The Morgan fingerprint density at radius 1 is 0.963 bits per heavy atom. The highest BCUT2D eigenvalue weighted by Crippen LogP contribution is 2.23. The van der Waals surface area contributed by atoms with Gasteiger partial charge in [0.05, 0.1) is 11.3 Å². The van der Waals surface area contributed by atoms with Gasteiger partial charge < -0.3 is 5.32 Å². The molecule has 3 aromatic rings. The number of nitrogens with one attached hydrogen (secondary N) is 1. The molecule has 5 heteroatoms. The van der Waals surface area contributed by atoms with Gasteiger partial charge in [-0.05, 0) is 37.3 Å². The fraction of sp³-hybridized carbons (Fsp3) is 0.0909. The van der Waals surface area contributed by atoms with E-state index >= 15 is 0 Å². The number of anilines is 1. The minimum Gasteiger partial charge on any atom is -0.322 e. The van der Waals surface area contributed by atoms with Gasteiger partial charge in [-0.2, -0.15) is 0 Å². The zero-order valence-electron chi connectivity index (χ0n) is 14.7. The van der Waals surface area contributed by atoms with Crippen molar-refractivity contribution in [3.63, 3.8) is 0 Å². The highest BCUT2D eigenvalue weighted by atomic mass is 32.2. The number of thioether (sulfide) groups is 1. The van der Waals surface area contributed by atoms with Crippen LogP contribution in [-0.2, 0) is 0 Å². The third-order valence-electron chi connectivity index (χ3n) is 3.95. The Morgan fingerprint density at radius 3 is 2.44 bits per heavy atom. The summed E-state index contributed by atoms with van der Waals surface area (Å²) < 4.78 is 13.7. The summed E-state index contributed by atoms with van der Waals surface area (Å²) in [5, 5.41) is 2.69. The predicted octanol–water partition coefficient (Wildman–Crippen LogP) is 5.36. The smallest absolute Gasteiger partial charge is 0.258 e. The number of hydrogen-bond acceptors (Lipinski definition) is 3. The maximum atomic E-state index is 13.7. The van der Waals surface area contributed by atoms with Crippen molar-refractivity contribution in [3.8, 4) is 0 Å². The van der Waals surface area contributed by atoms with E-state index in [1.807, 2.05) is 37.3 Å². The molecule has 0 aromatic heterocycles. The van der Waals surface area contributed by atoms with Crippen LogP contribution in [0.1, 0.15) is 26.3 Å². The maximum Gasteiger partial charge on any atom is 0.258 e. The lowest BCUT2D eigenvalue weighted by molar-refractivity contribution is 0.101. The van der Waals surface area contributed by atoms with E-state index in [1.54, 1.807) is 24.3 Å². The van der Waals surface area contributed by atoms with Crippen LogP contribution in [0.5, 0.6) is 0 Å². The minimum atomic E-state index is -0.566. The van der Waals surface area contributed by atoms with Crippen molar-refractivity contribution in [3.05, 3.63) is 95.3 Å². The molecule has 0 radical (unpaired) electrons. The molecule has 0 unspecified atom stereocenters. The van der Waals surface area contributed by atoms with E-state index in [1.165, 1.54) is 30.0 Å². The molecule has 3 nitrogen and oxygen atoms in total. The van der Waals surface area contributed by atoms with Crippen molar-refractivity contribution in [2.75, 3.05) is 11.1 Å². The summed E-state index contributed by atoms with van der Waals surface area (Å²) >= 11 is 1.39. The van der Waals surface area contributed by atoms with Crippen molar-refractivity contribution in [1.29, 1.82) is 0 Å². The first-order valence-corrected chi connectivity index (χ1v) is 9.40. The summed E-state index contributed by atoms with van der Waals surface area (Å²) in [6.45, 7) is 1.98. The lowest BCUT2D eigenvalue weighted by atomic mass is 10.1.